The molecule has 1 heterocycles. The summed E-state index contributed by atoms with van der Waals surface area (Å²) in [7, 11) is 2.14. The fraction of sp³-hybridized carbons (Fsp3) is 1.00. The minimum Gasteiger partial charge on any atom is -0.394 e. The number of ether oxygens (including phenoxy) is 1. The summed E-state index contributed by atoms with van der Waals surface area (Å²) in [4.78, 5) is 2.32. The summed E-state index contributed by atoms with van der Waals surface area (Å²) in [6, 6.07) is 0. The Balaban J connectivity index is 2.33. The number of aliphatic hydroxyl groups excluding tert-OH is 1. The van der Waals surface area contributed by atoms with Crippen molar-refractivity contribution in [3.8, 4) is 0 Å². The molecule has 0 aromatic rings. The number of aliphatic hydroxyl groups is 1. The van der Waals surface area contributed by atoms with E-state index in [0.717, 1.165) is 39.3 Å². The van der Waals surface area contributed by atoms with Crippen LogP contribution >= 0.6 is 0 Å². The van der Waals surface area contributed by atoms with Gasteiger partial charge in [-0.3, -0.25) is 0 Å². The topological polar surface area (TPSA) is 44.7 Å². The zero-order valence-corrected chi connectivity index (χ0v) is 12.2. The third-order valence-corrected chi connectivity index (χ3v) is 3.59. The molecule has 0 radical (unpaired) electrons. The van der Waals surface area contributed by atoms with Crippen molar-refractivity contribution in [2.75, 3.05) is 46.5 Å². The summed E-state index contributed by atoms with van der Waals surface area (Å²) in [6.07, 6.45) is 3.54. The molecule has 0 spiro atoms. The monoisotopic (exact) mass is 258 g/mol. The minimum atomic E-state index is -0.194. The number of nitrogens with zero attached hydrogens (tertiary/aromatic N) is 1. The predicted octanol–water partition coefficient (Wildman–Crippen LogP) is 1.10. The Morgan fingerprint density at radius 3 is 2.83 bits per heavy atom. The van der Waals surface area contributed by atoms with Gasteiger partial charge in [-0.15, -0.1) is 0 Å². The first-order chi connectivity index (χ1) is 8.59. The summed E-state index contributed by atoms with van der Waals surface area (Å²) in [6.45, 7) is 9.12. The number of hydrogen-bond donors (Lipinski definition) is 2. The molecule has 0 bridgehead atoms. The summed E-state index contributed by atoms with van der Waals surface area (Å²) in [5.74, 6) is 0.651. The SMILES string of the molecule is CCCNC(C)(CO)CN(C)CC1CCCOC1. The van der Waals surface area contributed by atoms with Gasteiger partial charge in [0.1, 0.15) is 0 Å². The lowest BCUT2D eigenvalue weighted by molar-refractivity contribution is 0.0356. The molecule has 1 aliphatic heterocycles. The normalized spacial score (nSPS) is 24.2. The maximum absolute atomic E-state index is 9.55. The maximum Gasteiger partial charge on any atom is 0.0623 e. The lowest BCUT2D eigenvalue weighted by atomic mass is 9.99. The molecule has 1 rings (SSSR count). The van der Waals surface area contributed by atoms with Crippen LogP contribution in [-0.4, -0.2) is 62.0 Å². The average Bonchev–Trinajstić information content (AvgIpc) is 2.37. The molecule has 2 unspecified atom stereocenters. The van der Waals surface area contributed by atoms with Crippen molar-refractivity contribution in [3.63, 3.8) is 0 Å². The van der Waals surface area contributed by atoms with E-state index in [0.29, 0.717) is 5.92 Å². The summed E-state index contributed by atoms with van der Waals surface area (Å²) >= 11 is 0. The molecule has 0 aliphatic carbocycles. The van der Waals surface area contributed by atoms with E-state index in [2.05, 4.69) is 31.1 Å². The first-order valence-electron chi connectivity index (χ1n) is 7.22. The molecule has 108 valence electrons. The second kappa shape index (κ2) is 8.10. The van der Waals surface area contributed by atoms with Gasteiger partial charge in [0, 0.05) is 19.7 Å². The zero-order chi connectivity index (χ0) is 13.4. The summed E-state index contributed by atoms with van der Waals surface area (Å²) < 4.78 is 5.51. The number of rotatable bonds is 8. The van der Waals surface area contributed by atoms with E-state index in [1.807, 2.05) is 0 Å². The molecular formula is C14H30N2O2. The largest absolute Gasteiger partial charge is 0.394 e. The van der Waals surface area contributed by atoms with Crippen molar-refractivity contribution in [2.24, 2.45) is 5.92 Å². The highest BCUT2D eigenvalue weighted by Gasteiger charge is 2.25. The molecule has 4 heteroatoms. The second-order valence-electron chi connectivity index (χ2n) is 5.93. The highest BCUT2D eigenvalue weighted by molar-refractivity contribution is 4.85. The lowest BCUT2D eigenvalue weighted by Crippen LogP contribution is -2.54. The molecule has 1 aliphatic rings. The van der Waals surface area contributed by atoms with Crippen LogP contribution in [0.2, 0.25) is 0 Å². The van der Waals surface area contributed by atoms with E-state index >= 15 is 0 Å². The van der Waals surface area contributed by atoms with Gasteiger partial charge in [0.2, 0.25) is 0 Å². The van der Waals surface area contributed by atoms with Crippen LogP contribution in [0, 0.1) is 5.92 Å². The molecule has 1 saturated heterocycles. The van der Waals surface area contributed by atoms with E-state index in [-0.39, 0.29) is 12.1 Å². The van der Waals surface area contributed by atoms with E-state index in [1.54, 1.807) is 0 Å². The molecule has 4 nitrogen and oxygen atoms in total. The molecule has 2 N–H and O–H groups in total. The Hall–Kier alpha value is -0.160. The van der Waals surface area contributed by atoms with Crippen molar-refractivity contribution in [2.45, 2.75) is 38.6 Å². The molecule has 2 atom stereocenters. The highest BCUT2D eigenvalue weighted by Crippen LogP contribution is 2.15. The van der Waals surface area contributed by atoms with Gasteiger partial charge in [0.25, 0.3) is 0 Å². The van der Waals surface area contributed by atoms with Crippen LogP contribution in [-0.2, 0) is 4.74 Å². The van der Waals surface area contributed by atoms with Crippen LogP contribution in [0.3, 0.4) is 0 Å². The molecule has 1 fully saturated rings. The van der Waals surface area contributed by atoms with Crippen LogP contribution in [0.25, 0.3) is 0 Å². The van der Waals surface area contributed by atoms with Crippen molar-refractivity contribution < 1.29 is 9.84 Å². The zero-order valence-electron chi connectivity index (χ0n) is 12.2. The summed E-state index contributed by atoms with van der Waals surface area (Å²) in [5, 5.41) is 13.0. The first-order valence-corrected chi connectivity index (χ1v) is 7.22. The number of hydrogen-bond acceptors (Lipinski definition) is 4. The molecular weight excluding hydrogens is 228 g/mol. The predicted molar refractivity (Wildman–Crippen MR) is 74.8 cm³/mol. The van der Waals surface area contributed by atoms with E-state index in [1.165, 1.54) is 12.8 Å². The standard InChI is InChI=1S/C14H30N2O2/c1-4-7-15-14(2,12-17)11-16(3)9-13-6-5-8-18-10-13/h13,15,17H,4-12H2,1-3H3. The average molecular weight is 258 g/mol. The van der Waals surface area contributed by atoms with Gasteiger partial charge in [-0.25, -0.2) is 0 Å². The molecule has 0 aromatic heterocycles. The van der Waals surface area contributed by atoms with Crippen LogP contribution in [0.5, 0.6) is 0 Å². The fourth-order valence-electron chi connectivity index (χ4n) is 2.64. The van der Waals surface area contributed by atoms with Gasteiger partial charge in [0.15, 0.2) is 0 Å². The Morgan fingerprint density at radius 2 is 2.28 bits per heavy atom. The third-order valence-electron chi connectivity index (χ3n) is 3.59. The van der Waals surface area contributed by atoms with Crippen LogP contribution in [0.1, 0.15) is 33.1 Å². The highest BCUT2D eigenvalue weighted by atomic mass is 16.5. The second-order valence-corrected chi connectivity index (χ2v) is 5.93. The Labute approximate surface area is 112 Å². The van der Waals surface area contributed by atoms with Crippen molar-refractivity contribution in [1.82, 2.24) is 10.2 Å². The third kappa shape index (κ3) is 5.65. The molecule has 0 saturated carbocycles. The fourth-order valence-corrected chi connectivity index (χ4v) is 2.64. The molecule has 0 aromatic carbocycles. The van der Waals surface area contributed by atoms with E-state index in [4.69, 9.17) is 4.74 Å². The van der Waals surface area contributed by atoms with Crippen LogP contribution in [0.15, 0.2) is 0 Å². The Morgan fingerprint density at radius 1 is 1.50 bits per heavy atom. The quantitative estimate of drug-likeness (QED) is 0.684. The van der Waals surface area contributed by atoms with Gasteiger partial charge in [-0.2, -0.15) is 0 Å². The van der Waals surface area contributed by atoms with E-state index < -0.39 is 0 Å². The first kappa shape index (κ1) is 15.9. The smallest absolute Gasteiger partial charge is 0.0623 e. The van der Waals surface area contributed by atoms with Crippen molar-refractivity contribution >= 4 is 0 Å². The summed E-state index contributed by atoms with van der Waals surface area (Å²) in [5.41, 5.74) is -0.194. The van der Waals surface area contributed by atoms with Crippen LogP contribution in [0.4, 0.5) is 0 Å². The van der Waals surface area contributed by atoms with Gasteiger partial charge in [-0.05, 0) is 45.7 Å². The van der Waals surface area contributed by atoms with Gasteiger partial charge < -0.3 is 20.1 Å². The number of nitrogens with one attached hydrogen (secondary N) is 1. The van der Waals surface area contributed by atoms with Crippen LogP contribution < -0.4 is 5.32 Å². The Kier molecular flexibility index (Phi) is 7.15. The molecule has 0 amide bonds. The van der Waals surface area contributed by atoms with Crippen molar-refractivity contribution in [3.05, 3.63) is 0 Å². The maximum atomic E-state index is 9.55. The van der Waals surface area contributed by atoms with Gasteiger partial charge in [0.05, 0.1) is 18.8 Å². The van der Waals surface area contributed by atoms with Gasteiger partial charge in [-0.1, -0.05) is 6.92 Å². The molecule has 18 heavy (non-hydrogen) atoms. The van der Waals surface area contributed by atoms with E-state index in [9.17, 15) is 5.11 Å². The minimum absolute atomic E-state index is 0.179. The lowest BCUT2D eigenvalue weighted by Gasteiger charge is -2.35. The van der Waals surface area contributed by atoms with Gasteiger partial charge >= 0.3 is 0 Å². The number of likely N-dealkylation sites (N-methyl/N-ethyl adjacent to an activating group) is 1. The van der Waals surface area contributed by atoms with Crippen molar-refractivity contribution in [1.29, 1.82) is 0 Å². The Bertz CT molecular complexity index is 220.